The van der Waals surface area contributed by atoms with E-state index in [1.807, 2.05) is 31.3 Å². The average molecular weight is 343 g/mol. The van der Waals surface area contributed by atoms with E-state index in [1.165, 1.54) is 12.8 Å². The number of rotatable bonds is 6. The van der Waals surface area contributed by atoms with Gasteiger partial charge in [-0.2, -0.15) is 4.98 Å². The summed E-state index contributed by atoms with van der Waals surface area (Å²) in [5.74, 6) is 4.10. The highest BCUT2D eigenvalue weighted by atomic mass is 32.2. The number of aromatic nitrogens is 5. The molecule has 0 radical (unpaired) electrons. The molecule has 0 bridgehead atoms. The summed E-state index contributed by atoms with van der Waals surface area (Å²) in [6.45, 7) is 0. The lowest BCUT2D eigenvalue weighted by Gasteiger charge is -2.00. The summed E-state index contributed by atoms with van der Waals surface area (Å²) in [5.41, 5.74) is 0.865. The molecule has 0 saturated heterocycles. The zero-order valence-electron chi connectivity index (χ0n) is 13.5. The third kappa shape index (κ3) is 3.01. The normalized spacial score (nSPS) is 14.1. The molecule has 3 aromatic rings. The highest BCUT2D eigenvalue weighted by Crippen LogP contribution is 2.39. The van der Waals surface area contributed by atoms with Crippen LogP contribution in [-0.2, 0) is 12.8 Å². The average Bonchev–Trinajstić information content (AvgIpc) is 3.22. The van der Waals surface area contributed by atoms with Gasteiger partial charge in [-0.3, -0.25) is 0 Å². The maximum Gasteiger partial charge on any atom is 0.237 e. The molecule has 1 saturated carbocycles. The minimum Gasteiger partial charge on any atom is -0.497 e. The van der Waals surface area contributed by atoms with Gasteiger partial charge in [0.15, 0.2) is 5.16 Å². The Hall–Kier alpha value is -2.35. The molecule has 0 amide bonds. The predicted molar refractivity (Wildman–Crippen MR) is 88.8 cm³/mol. The Bertz CT molecular complexity index is 856. The van der Waals surface area contributed by atoms with E-state index >= 15 is 0 Å². The Morgan fingerprint density at radius 1 is 1.33 bits per heavy atom. The van der Waals surface area contributed by atoms with Gasteiger partial charge in [0.1, 0.15) is 11.6 Å². The number of nitrogens with zero attached hydrogens (tertiary/aromatic N) is 5. The molecule has 1 aliphatic rings. The third-order valence-corrected chi connectivity index (χ3v) is 4.94. The van der Waals surface area contributed by atoms with Crippen LogP contribution in [0.5, 0.6) is 5.75 Å². The fourth-order valence-electron chi connectivity index (χ4n) is 2.47. The van der Waals surface area contributed by atoms with Gasteiger partial charge in [0, 0.05) is 18.5 Å². The Labute approximate surface area is 143 Å². The van der Waals surface area contributed by atoms with Crippen molar-refractivity contribution in [2.45, 2.75) is 29.7 Å². The fourth-order valence-corrected chi connectivity index (χ4v) is 3.22. The molecular formula is C16H17N5O2S. The summed E-state index contributed by atoms with van der Waals surface area (Å²) in [4.78, 5) is 4.44. The molecule has 0 spiro atoms. The molecule has 0 N–H and O–H groups in total. The van der Waals surface area contributed by atoms with Gasteiger partial charge in [0.05, 0.1) is 12.9 Å². The number of thioether (sulfide) groups is 1. The molecule has 0 unspecified atom stereocenters. The third-order valence-electron chi connectivity index (χ3n) is 3.93. The van der Waals surface area contributed by atoms with Crippen molar-refractivity contribution in [1.29, 1.82) is 0 Å². The van der Waals surface area contributed by atoms with Crippen LogP contribution in [0.2, 0.25) is 0 Å². The Morgan fingerprint density at radius 3 is 3.00 bits per heavy atom. The summed E-state index contributed by atoms with van der Waals surface area (Å²) >= 11 is 1.55. The fraction of sp³-hybridized carbons (Fsp3) is 0.375. The number of ether oxygens (including phenoxy) is 1. The van der Waals surface area contributed by atoms with Gasteiger partial charge in [-0.05, 0) is 25.0 Å². The Kier molecular flexibility index (Phi) is 3.97. The number of hydrogen-bond acceptors (Lipinski definition) is 7. The Balaban J connectivity index is 1.45. The summed E-state index contributed by atoms with van der Waals surface area (Å²) < 4.78 is 12.6. The molecule has 24 heavy (non-hydrogen) atoms. The van der Waals surface area contributed by atoms with Crippen LogP contribution in [0.1, 0.15) is 30.5 Å². The van der Waals surface area contributed by atoms with Crippen LogP contribution in [0.4, 0.5) is 0 Å². The molecule has 1 aliphatic carbocycles. The molecule has 124 valence electrons. The van der Waals surface area contributed by atoms with E-state index < -0.39 is 0 Å². The summed E-state index contributed by atoms with van der Waals surface area (Å²) in [6, 6.07) is 7.59. The van der Waals surface area contributed by atoms with Crippen molar-refractivity contribution in [3.8, 4) is 17.1 Å². The lowest BCUT2D eigenvalue weighted by molar-refractivity contribution is 0.391. The predicted octanol–water partition coefficient (Wildman–Crippen LogP) is 3.04. The first-order chi connectivity index (χ1) is 11.7. The number of methoxy groups -OCH3 is 1. The molecule has 1 fully saturated rings. The van der Waals surface area contributed by atoms with Gasteiger partial charge in [-0.1, -0.05) is 29.1 Å². The molecule has 1 aromatic carbocycles. The molecule has 2 heterocycles. The minimum absolute atomic E-state index is 0.557. The van der Waals surface area contributed by atoms with E-state index in [-0.39, 0.29) is 0 Å². The van der Waals surface area contributed by atoms with E-state index in [2.05, 4.69) is 24.9 Å². The van der Waals surface area contributed by atoms with Gasteiger partial charge in [0.25, 0.3) is 0 Å². The molecule has 7 nitrogen and oxygen atoms in total. The van der Waals surface area contributed by atoms with Crippen molar-refractivity contribution < 1.29 is 9.26 Å². The summed E-state index contributed by atoms with van der Waals surface area (Å²) in [7, 11) is 3.64. The molecule has 2 aromatic heterocycles. The van der Waals surface area contributed by atoms with Crippen molar-refractivity contribution in [3.63, 3.8) is 0 Å². The molecule has 8 heteroatoms. The first-order valence-electron chi connectivity index (χ1n) is 7.73. The monoisotopic (exact) mass is 343 g/mol. The summed E-state index contributed by atoms with van der Waals surface area (Å²) in [5, 5.41) is 13.4. The van der Waals surface area contributed by atoms with Crippen molar-refractivity contribution in [3.05, 3.63) is 36.0 Å². The van der Waals surface area contributed by atoms with Gasteiger partial charge in [-0.15, -0.1) is 10.2 Å². The van der Waals surface area contributed by atoms with Crippen LogP contribution >= 0.6 is 11.8 Å². The van der Waals surface area contributed by atoms with Crippen LogP contribution in [0, 0.1) is 0 Å². The second-order valence-corrected chi connectivity index (χ2v) is 6.65. The quantitative estimate of drug-likeness (QED) is 0.636. The second kappa shape index (κ2) is 6.27. The van der Waals surface area contributed by atoms with Gasteiger partial charge >= 0.3 is 0 Å². The van der Waals surface area contributed by atoms with E-state index in [1.54, 1.807) is 18.9 Å². The van der Waals surface area contributed by atoms with Crippen LogP contribution in [0.3, 0.4) is 0 Å². The highest BCUT2D eigenvalue weighted by Gasteiger charge is 2.29. The Morgan fingerprint density at radius 2 is 2.21 bits per heavy atom. The molecular weight excluding hydrogens is 326 g/mol. The van der Waals surface area contributed by atoms with Gasteiger partial charge < -0.3 is 13.8 Å². The zero-order valence-corrected chi connectivity index (χ0v) is 14.3. The molecule has 0 aliphatic heterocycles. The largest absolute Gasteiger partial charge is 0.497 e. The lowest BCUT2D eigenvalue weighted by Crippen LogP contribution is -1.97. The number of hydrogen-bond donors (Lipinski definition) is 0. The summed E-state index contributed by atoms with van der Waals surface area (Å²) in [6.07, 6.45) is 2.42. The first-order valence-corrected chi connectivity index (χ1v) is 8.72. The van der Waals surface area contributed by atoms with E-state index in [9.17, 15) is 0 Å². The van der Waals surface area contributed by atoms with Gasteiger partial charge in [-0.25, -0.2) is 0 Å². The van der Waals surface area contributed by atoms with Crippen LogP contribution in [0.25, 0.3) is 11.4 Å². The van der Waals surface area contributed by atoms with Crippen molar-refractivity contribution in [2.75, 3.05) is 7.11 Å². The zero-order chi connectivity index (χ0) is 16.5. The van der Waals surface area contributed by atoms with E-state index in [0.717, 1.165) is 22.3 Å². The van der Waals surface area contributed by atoms with Crippen LogP contribution in [0.15, 0.2) is 33.9 Å². The second-order valence-electron chi connectivity index (χ2n) is 5.71. The smallest absolute Gasteiger partial charge is 0.237 e. The maximum absolute atomic E-state index is 5.34. The van der Waals surface area contributed by atoms with Crippen molar-refractivity contribution in [2.24, 2.45) is 7.05 Å². The van der Waals surface area contributed by atoms with Crippen LogP contribution < -0.4 is 4.74 Å². The first kappa shape index (κ1) is 15.2. The highest BCUT2D eigenvalue weighted by molar-refractivity contribution is 7.98. The molecule has 4 rings (SSSR count). The minimum atomic E-state index is 0.557. The van der Waals surface area contributed by atoms with Crippen molar-refractivity contribution in [1.82, 2.24) is 24.9 Å². The standard InChI is InChI=1S/C16H17N5O2S/c1-21-15(10-6-7-10)18-19-16(21)24-9-13-17-14(20-23-13)11-4-3-5-12(8-11)22-2/h3-5,8,10H,6-7,9H2,1-2H3. The SMILES string of the molecule is COc1cccc(-c2noc(CSc3nnc(C4CC4)n3C)n2)c1. The maximum atomic E-state index is 5.34. The van der Waals surface area contributed by atoms with E-state index in [0.29, 0.717) is 23.4 Å². The molecule has 0 atom stereocenters. The van der Waals surface area contributed by atoms with Gasteiger partial charge in [0.2, 0.25) is 11.7 Å². The number of benzene rings is 1. The van der Waals surface area contributed by atoms with Crippen molar-refractivity contribution >= 4 is 11.8 Å². The van der Waals surface area contributed by atoms with Crippen LogP contribution in [-0.4, -0.2) is 32.0 Å². The van der Waals surface area contributed by atoms with E-state index in [4.69, 9.17) is 9.26 Å². The lowest BCUT2D eigenvalue weighted by atomic mass is 10.2. The topological polar surface area (TPSA) is 78.9 Å².